The van der Waals surface area contributed by atoms with Crippen LogP contribution in [0.2, 0.25) is 0 Å². The Hall–Kier alpha value is -3.02. The van der Waals surface area contributed by atoms with Crippen molar-refractivity contribution in [1.82, 2.24) is 15.3 Å². The summed E-state index contributed by atoms with van der Waals surface area (Å²) in [5.41, 5.74) is 2.83. The Morgan fingerprint density at radius 1 is 1.08 bits per heavy atom. The highest BCUT2D eigenvalue weighted by Gasteiger charge is 2.22. The van der Waals surface area contributed by atoms with E-state index < -0.39 is 0 Å². The predicted molar refractivity (Wildman–Crippen MR) is 98.1 cm³/mol. The van der Waals surface area contributed by atoms with Crippen molar-refractivity contribution in [2.75, 3.05) is 18.0 Å². The Kier molecular flexibility index (Phi) is 4.01. The molecule has 6 heteroatoms. The number of amides is 1. The van der Waals surface area contributed by atoms with Gasteiger partial charge >= 0.3 is 5.69 Å². The van der Waals surface area contributed by atoms with Crippen LogP contribution < -0.4 is 15.9 Å². The van der Waals surface area contributed by atoms with Gasteiger partial charge in [-0.3, -0.25) is 4.79 Å². The van der Waals surface area contributed by atoms with Crippen LogP contribution in [0, 0.1) is 0 Å². The molecule has 1 unspecified atom stereocenters. The zero-order valence-corrected chi connectivity index (χ0v) is 13.8. The number of aromatic nitrogens is 2. The average Bonchev–Trinajstić information content (AvgIpc) is 3.02. The third kappa shape index (κ3) is 3.28. The normalized spacial score (nSPS) is 17.6. The third-order valence-electron chi connectivity index (χ3n) is 4.66. The molecule has 1 fully saturated rings. The van der Waals surface area contributed by atoms with Crippen molar-refractivity contribution in [3.8, 4) is 0 Å². The first-order chi connectivity index (χ1) is 12.2. The van der Waals surface area contributed by atoms with Crippen molar-refractivity contribution in [3.05, 3.63) is 64.6 Å². The number of hydrogen-bond donors (Lipinski definition) is 3. The van der Waals surface area contributed by atoms with Gasteiger partial charge in [0.15, 0.2) is 0 Å². The molecule has 3 aromatic rings. The largest absolute Gasteiger partial charge is 0.369 e. The highest BCUT2D eigenvalue weighted by Crippen LogP contribution is 2.20. The fourth-order valence-electron chi connectivity index (χ4n) is 3.41. The molecule has 25 heavy (non-hydrogen) atoms. The molecule has 1 atom stereocenters. The number of aromatic amines is 2. The zero-order valence-electron chi connectivity index (χ0n) is 13.8. The van der Waals surface area contributed by atoms with Gasteiger partial charge in [0.2, 0.25) is 0 Å². The number of anilines is 1. The van der Waals surface area contributed by atoms with Gasteiger partial charge in [-0.25, -0.2) is 4.79 Å². The Labute approximate surface area is 144 Å². The molecule has 3 N–H and O–H groups in total. The summed E-state index contributed by atoms with van der Waals surface area (Å²) >= 11 is 0. The third-order valence-corrected chi connectivity index (χ3v) is 4.66. The molecule has 1 saturated heterocycles. The number of fused-ring (bicyclic) bond motifs is 1. The first kappa shape index (κ1) is 15.5. The molecule has 0 aliphatic carbocycles. The summed E-state index contributed by atoms with van der Waals surface area (Å²) in [7, 11) is 0. The van der Waals surface area contributed by atoms with Crippen LogP contribution in [0.1, 0.15) is 23.2 Å². The van der Waals surface area contributed by atoms with E-state index >= 15 is 0 Å². The summed E-state index contributed by atoms with van der Waals surface area (Å²) in [6, 6.07) is 15.6. The van der Waals surface area contributed by atoms with Gasteiger partial charge in [0, 0.05) is 30.4 Å². The summed E-state index contributed by atoms with van der Waals surface area (Å²) in [5.74, 6) is -0.108. The Morgan fingerprint density at radius 3 is 2.72 bits per heavy atom. The molecule has 2 aromatic carbocycles. The quantitative estimate of drug-likeness (QED) is 0.686. The van der Waals surface area contributed by atoms with E-state index in [1.807, 2.05) is 18.2 Å². The minimum Gasteiger partial charge on any atom is -0.369 e. The number of imidazole rings is 1. The fraction of sp³-hybridized carbons (Fsp3) is 0.263. The maximum absolute atomic E-state index is 12.6. The summed E-state index contributed by atoms with van der Waals surface area (Å²) in [4.78, 5) is 31.6. The molecule has 6 nitrogen and oxygen atoms in total. The van der Waals surface area contributed by atoms with E-state index in [0.717, 1.165) is 25.9 Å². The van der Waals surface area contributed by atoms with Crippen LogP contribution in [0.4, 0.5) is 5.69 Å². The molecular formula is C19H20N4O2. The van der Waals surface area contributed by atoms with Crippen LogP contribution in [0.25, 0.3) is 11.0 Å². The van der Waals surface area contributed by atoms with E-state index in [1.165, 1.54) is 5.69 Å². The number of benzene rings is 2. The van der Waals surface area contributed by atoms with E-state index in [9.17, 15) is 9.59 Å². The predicted octanol–water partition coefficient (Wildman–Crippen LogP) is 2.25. The van der Waals surface area contributed by atoms with Gasteiger partial charge in [-0.15, -0.1) is 0 Å². The smallest absolute Gasteiger partial charge is 0.323 e. The van der Waals surface area contributed by atoms with E-state index in [0.29, 0.717) is 16.6 Å². The van der Waals surface area contributed by atoms with Crippen molar-refractivity contribution in [2.45, 2.75) is 18.9 Å². The summed E-state index contributed by atoms with van der Waals surface area (Å²) in [6.45, 7) is 1.81. The number of H-pyrrole nitrogens is 2. The zero-order chi connectivity index (χ0) is 17.2. The number of carbonyl (C=O) groups is 1. The minimum absolute atomic E-state index is 0.108. The number of rotatable bonds is 3. The molecule has 1 aliphatic rings. The topological polar surface area (TPSA) is 81.0 Å². The van der Waals surface area contributed by atoms with Crippen LogP contribution in [0.15, 0.2) is 53.3 Å². The SMILES string of the molecule is O=C(NC1CCCN(c2ccccc2)C1)c1ccc2[nH]c(=O)[nH]c2c1. The molecule has 0 saturated carbocycles. The molecule has 4 rings (SSSR count). The number of carbonyl (C=O) groups excluding carboxylic acids is 1. The second-order valence-corrected chi connectivity index (χ2v) is 6.43. The van der Waals surface area contributed by atoms with E-state index in [4.69, 9.17) is 0 Å². The average molecular weight is 336 g/mol. The molecule has 0 bridgehead atoms. The van der Waals surface area contributed by atoms with Gasteiger partial charge in [-0.1, -0.05) is 18.2 Å². The van der Waals surface area contributed by atoms with Crippen LogP contribution in [0.5, 0.6) is 0 Å². The minimum atomic E-state index is -0.265. The number of piperidine rings is 1. The number of nitrogens with one attached hydrogen (secondary N) is 3. The number of hydrogen-bond acceptors (Lipinski definition) is 3. The lowest BCUT2D eigenvalue weighted by molar-refractivity contribution is 0.0933. The second kappa shape index (κ2) is 6.47. The molecule has 1 amide bonds. The van der Waals surface area contributed by atoms with Crippen LogP contribution in [-0.2, 0) is 0 Å². The van der Waals surface area contributed by atoms with Crippen LogP contribution in [0.3, 0.4) is 0 Å². The molecule has 1 aromatic heterocycles. The van der Waals surface area contributed by atoms with Gasteiger partial charge in [0.25, 0.3) is 5.91 Å². The van der Waals surface area contributed by atoms with Crippen molar-refractivity contribution in [1.29, 1.82) is 0 Å². The van der Waals surface area contributed by atoms with Crippen molar-refractivity contribution >= 4 is 22.6 Å². The lowest BCUT2D eigenvalue weighted by atomic mass is 10.0. The monoisotopic (exact) mass is 336 g/mol. The fourth-order valence-corrected chi connectivity index (χ4v) is 3.41. The van der Waals surface area contributed by atoms with Gasteiger partial charge < -0.3 is 20.2 Å². The van der Waals surface area contributed by atoms with Crippen molar-refractivity contribution < 1.29 is 4.79 Å². The Morgan fingerprint density at radius 2 is 1.88 bits per heavy atom. The maximum atomic E-state index is 12.6. The Bertz CT molecular complexity index is 945. The summed E-state index contributed by atoms with van der Waals surface area (Å²) < 4.78 is 0. The lowest BCUT2D eigenvalue weighted by Gasteiger charge is -2.34. The molecule has 1 aliphatic heterocycles. The Balaban J connectivity index is 1.46. The summed E-state index contributed by atoms with van der Waals surface area (Å²) in [5, 5.41) is 3.12. The molecular weight excluding hydrogens is 316 g/mol. The second-order valence-electron chi connectivity index (χ2n) is 6.43. The van der Waals surface area contributed by atoms with Crippen LogP contribution >= 0.6 is 0 Å². The molecule has 0 radical (unpaired) electrons. The standard InChI is InChI=1S/C19H20N4O2/c24-18(13-8-9-16-17(11-13)22-19(25)21-16)20-14-5-4-10-23(12-14)15-6-2-1-3-7-15/h1-3,6-9,11,14H,4-5,10,12H2,(H,20,24)(H2,21,22,25). The van der Waals surface area contributed by atoms with E-state index in [-0.39, 0.29) is 17.6 Å². The first-order valence-electron chi connectivity index (χ1n) is 8.52. The van der Waals surface area contributed by atoms with Crippen molar-refractivity contribution in [3.63, 3.8) is 0 Å². The maximum Gasteiger partial charge on any atom is 0.323 e. The first-order valence-corrected chi connectivity index (χ1v) is 8.52. The highest BCUT2D eigenvalue weighted by molar-refractivity contribution is 5.97. The van der Waals surface area contributed by atoms with E-state index in [2.05, 4.69) is 32.3 Å². The molecule has 0 spiro atoms. The van der Waals surface area contributed by atoms with Gasteiger partial charge in [-0.2, -0.15) is 0 Å². The van der Waals surface area contributed by atoms with E-state index in [1.54, 1.807) is 18.2 Å². The van der Waals surface area contributed by atoms with Crippen molar-refractivity contribution in [2.24, 2.45) is 0 Å². The summed E-state index contributed by atoms with van der Waals surface area (Å²) in [6.07, 6.45) is 2.02. The van der Waals surface area contributed by atoms with Crippen LogP contribution in [-0.4, -0.2) is 35.0 Å². The number of para-hydroxylation sites is 1. The van der Waals surface area contributed by atoms with Gasteiger partial charge in [0.05, 0.1) is 11.0 Å². The number of nitrogens with zero attached hydrogens (tertiary/aromatic N) is 1. The van der Waals surface area contributed by atoms with Gasteiger partial charge in [0.1, 0.15) is 0 Å². The lowest BCUT2D eigenvalue weighted by Crippen LogP contribution is -2.47. The molecule has 128 valence electrons. The highest BCUT2D eigenvalue weighted by atomic mass is 16.2. The van der Waals surface area contributed by atoms with Gasteiger partial charge in [-0.05, 0) is 43.2 Å². The molecule has 2 heterocycles.